The van der Waals surface area contributed by atoms with Crippen LogP contribution in [0.25, 0.3) is 0 Å². The molecular formula is C12H22N2O2. The number of nitrogens with zero attached hydrogens (tertiary/aromatic N) is 1. The van der Waals surface area contributed by atoms with E-state index in [2.05, 4.69) is 0 Å². The highest BCUT2D eigenvalue weighted by atomic mass is 16.6. The van der Waals surface area contributed by atoms with Crippen LogP contribution in [0.1, 0.15) is 33.6 Å². The van der Waals surface area contributed by atoms with Gasteiger partial charge in [-0.05, 0) is 45.6 Å². The molecule has 0 radical (unpaired) electrons. The van der Waals surface area contributed by atoms with Crippen molar-refractivity contribution in [2.24, 2.45) is 17.1 Å². The van der Waals surface area contributed by atoms with Gasteiger partial charge in [-0.1, -0.05) is 0 Å². The summed E-state index contributed by atoms with van der Waals surface area (Å²) < 4.78 is 5.31. The lowest BCUT2D eigenvalue weighted by Gasteiger charge is -2.43. The second kappa shape index (κ2) is 3.62. The largest absolute Gasteiger partial charge is 0.444 e. The molecule has 92 valence electrons. The van der Waals surface area contributed by atoms with Gasteiger partial charge in [0.15, 0.2) is 0 Å². The molecule has 0 aromatic heterocycles. The Labute approximate surface area is 97.1 Å². The van der Waals surface area contributed by atoms with Crippen molar-refractivity contribution in [2.45, 2.75) is 39.2 Å². The zero-order valence-corrected chi connectivity index (χ0v) is 10.5. The normalized spacial score (nSPS) is 23.9. The molecule has 0 bridgehead atoms. The van der Waals surface area contributed by atoms with Crippen molar-refractivity contribution in [3.63, 3.8) is 0 Å². The fraction of sp³-hybridized carbons (Fsp3) is 0.917. The fourth-order valence-corrected chi connectivity index (χ4v) is 2.28. The van der Waals surface area contributed by atoms with E-state index in [0.29, 0.717) is 11.3 Å². The molecule has 1 saturated heterocycles. The molecule has 0 unspecified atom stereocenters. The predicted octanol–water partition coefficient (Wildman–Crippen LogP) is 1.59. The van der Waals surface area contributed by atoms with Crippen LogP contribution < -0.4 is 5.73 Å². The Balaban J connectivity index is 1.78. The fourth-order valence-electron chi connectivity index (χ4n) is 2.28. The maximum absolute atomic E-state index is 11.7. The Kier molecular flexibility index (Phi) is 2.65. The topological polar surface area (TPSA) is 55.6 Å². The van der Waals surface area contributed by atoms with Crippen LogP contribution in [0.5, 0.6) is 0 Å². The number of carbonyl (C=O) groups is 1. The maximum Gasteiger partial charge on any atom is 0.410 e. The zero-order valence-electron chi connectivity index (χ0n) is 10.5. The van der Waals surface area contributed by atoms with Gasteiger partial charge in [0.05, 0.1) is 0 Å². The van der Waals surface area contributed by atoms with Crippen molar-refractivity contribution in [1.29, 1.82) is 0 Å². The summed E-state index contributed by atoms with van der Waals surface area (Å²) in [4.78, 5) is 13.5. The molecule has 1 heterocycles. The number of ether oxygens (including phenoxy) is 1. The van der Waals surface area contributed by atoms with Crippen LogP contribution in [0.2, 0.25) is 0 Å². The molecule has 2 aliphatic rings. The molecule has 4 heteroatoms. The van der Waals surface area contributed by atoms with Gasteiger partial charge in [0.1, 0.15) is 5.60 Å². The molecule has 2 rings (SSSR count). The Hall–Kier alpha value is -0.770. The van der Waals surface area contributed by atoms with Crippen LogP contribution in [0, 0.1) is 11.3 Å². The van der Waals surface area contributed by atoms with Gasteiger partial charge in [-0.25, -0.2) is 4.79 Å². The van der Waals surface area contributed by atoms with Gasteiger partial charge in [0.25, 0.3) is 0 Å². The SMILES string of the molecule is CC(C)(C)OC(=O)N1CC(C2(CN)CC2)C1. The lowest BCUT2D eigenvalue weighted by Crippen LogP contribution is -2.55. The monoisotopic (exact) mass is 226 g/mol. The van der Waals surface area contributed by atoms with E-state index < -0.39 is 5.60 Å². The molecule has 0 spiro atoms. The van der Waals surface area contributed by atoms with Gasteiger partial charge >= 0.3 is 6.09 Å². The summed E-state index contributed by atoms with van der Waals surface area (Å²) in [6, 6.07) is 0. The van der Waals surface area contributed by atoms with Gasteiger partial charge in [-0.2, -0.15) is 0 Å². The summed E-state index contributed by atoms with van der Waals surface area (Å²) in [5.41, 5.74) is 5.73. The third-order valence-corrected chi connectivity index (χ3v) is 3.70. The molecule has 0 aromatic rings. The second-order valence-corrected chi connectivity index (χ2v) is 6.15. The highest BCUT2D eigenvalue weighted by Crippen LogP contribution is 2.54. The van der Waals surface area contributed by atoms with E-state index in [4.69, 9.17) is 10.5 Å². The average molecular weight is 226 g/mol. The van der Waals surface area contributed by atoms with Crippen LogP contribution >= 0.6 is 0 Å². The van der Waals surface area contributed by atoms with E-state index >= 15 is 0 Å². The van der Waals surface area contributed by atoms with E-state index in [1.54, 1.807) is 4.90 Å². The summed E-state index contributed by atoms with van der Waals surface area (Å²) in [5, 5.41) is 0. The number of rotatable bonds is 2. The van der Waals surface area contributed by atoms with Crippen molar-refractivity contribution in [2.75, 3.05) is 19.6 Å². The van der Waals surface area contributed by atoms with E-state index in [9.17, 15) is 4.79 Å². The Morgan fingerprint density at radius 2 is 2.00 bits per heavy atom. The predicted molar refractivity (Wildman–Crippen MR) is 62.0 cm³/mol. The van der Waals surface area contributed by atoms with Gasteiger partial charge in [-0.15, -0.1) is 0 Å². The number of likely N-dealkylation sites (tertiary alicyclic amines) is 1. The van der Waals surface area contributed by atoms with Gasteiger partial charge < -0.3 is 15.4 Å². The lowest BCUT2D eigenvalue weighted by atomic mass is 9.83. The van der Waals surface area contributed by atoms with Crippen LogP contribution in [0.15, 0.2) is 0 Å². The van der Waals surface area contributed by atoms with Crippen LogP contribution in [-0.4, -0.2) is 36.2 Å². The molecule has 4 nitrogen and oxygen atoms in total. The third kappa shape index (κ3) is 2.17. The molecule has 1 aliphatic carbocycles. The molecule has 0 aromatic carbocycles. The zero-order chi connectivity index (χ0) is 12.0. The first-order valence-electron chi connectivity index (χ1n) is 6.04. The minimum atomic E-state index is -0.396. The third-order valence-electron chi connectivity index (χ3n) is 3.70. The molecular weight excluding hydrogens is 204 g/mol. The Bertz CT molecular complexity index is 286. The minimum absolute atomic E-state index is 0.184. The van der Waals surface area contributed by atoms with Gasteiger partial charge in [0.2, 0.25) is 0 Å². The molecule has 0 atom stereocenters. The smallest absolute Gasteiger partial charge is 0.410 e. The quantitative estimate of drug-likeness (QED) is 0.778. The molecule has 16 heavy (non-hydrogen) atoms. The van der Waals surface area contributed by atoms with E-state index in [-0.39, 0.29) is 6.09 Å². The van der Waals surface area contributed by atoms with E-state index in [1.165, 1.54) is 12.8 Å². The molecule has 2 fully saturated rings. The van der Waals surface area contributed by atoms with Crippen LogP contribution in [0.4, 0.5) is 4.79 Å². The first-order valence-corrected chi connectivity index (χ1v) is 6.04. The van der Waals surface area contributed by atoms with Crippen molar-refractivity contribution in [1.82, 2.24) is 4.90 Å². The molecule has 1 amide bonds. The van der Waals surface area contributed by atoms with Crippen molar-refractivity contribution in [3.05, 3.63) is 0 Å². The number of carbonyl (C=O) groups excluding carboxylic acids is 1. The maximum atomic E-state index is 11.7. The summed E-state index contributed by atoms with van der Waals surface area (Å²) in [5.74, 6) is 0.602. The number of nitrogens with two attached hydrogens (primary N) is 1. The first-order chi connectivity index (χ1) is 7.36. The minimum Gasteiger partial charge on any atom is -0.444 e. The standard InChI is InChI=1S/C12H22N2O2/c1-11(2,3)16-10(15)14-6-9(7-14)12(8-13)4-5-12/h9H,4-8,13H2,1-3H3. The summed E-state index contributed by atoms with van der Waals surface area (Å²) in [6.07, 6.45) is 2.28. The van der Waals surface area contributed by atoms with Crippen molar-refractivity contribution >= 4 is 6.09 Å². The summed E-state index contributed by atoms with van der Waals surface area (Å²) in [6.45, 7) is 8.09. The lowest BCUT2D eigenvalue weighted by molar-refractivity contribution is -0.0132. The van der Waals surface area contributed by atoms with Crippen LogP contribution in [0.3, 0.4) is 0 Å². The molecule has 1 saturated carbocycles. The Morgan fingerprint density at radius 3 is 2.38 bits per heavy atom. The Morgan fingerprint density at radius 1 is 1.44 bits per heavy atom. The average Bonchev–Trinajstić information content (AvgIpc) is 2.79. The molecule has 1 aliphatic heterocycles. The van der Waals surface area contributed by atoms with Crippen LogP contribution in [-0.2, 0) is 4.74 Å². The van der Waals surface area contributed by atoms with E-state index in [0.717, 1.165) is 19.6 Å². The van der Waals surface area contributed by atoms with Gasteiger partial charge in [-0.3, -0.25) is 0 Å². The highest BCUT2D eigenvalue weighted by Gasteiger charge is 2.53. The number of hydrogen-bond donors (Lipinski definition) is 1. The summed E-state index contributed by atoms with van der Waals surface area (Å²) >= 11 is 0. The first kappa shape index (κ1) is 11.7. The number of hydrogen-bond acceptors (Lipinski definition) is 3. The second-order valence-electron chi connectivity index (χ2n) is 6.15. The summed E-state index contributed by atoms with van der Waals surface area (Å²) in [7, 11) is 0. The highest BCUT2D eigenvalue weighted by molar-refractivity contribution is 5.69. The number of amides is 1. The van der Waals surface area contributed by atoms with Gasteiger partial charge in [0, 0.05) is 19.0 Å². The van der Waals surface area contributed by atoms with E-state index in [1.807, 2.05) is 20.8 Å². The van der Waals surface area contributed by atoms with Crippen molar-refractivity contribution < 1.29 is 9.53 Å². The van der Waals surface area contributed by atoms with Crippen molar-refractivity contribution in [3.8, 4) is 0 Å². The molecule has 2 N–H and O–H groups in total.